The number of Topliss-reactive ketones (excluding diaryl/α,β-unsaturated/α-hetero) is 1. The molecule has 5 rings (SSSR count). The van der Waals surface area contributed by atoms with Gasteiger partial charge in [0.2, 0.25) is 5.91 Å². The molecule has 0 saturated carbocycles. The van der Waals surface area contributed by atoms with E-state index in [1.807, 2.05) is 0 Å². The Kier molecular flexibility index (Phi) is 8.20. The summed E-state index contributed by atoms with van der Waals surface area (Å²) in [5.41, 5.74) is 0.999. The number of carbonyl (C=O) groups is 4. The Labute approximate surface area is 251 Å². The summed E-state index contributed by atoms with van der Waals surface area (Å²) in [5, 5.41) is 12.5. The van der Waals surface area contributed by atoms with E-state index in [0.29, 0.717) is 22.0 Å². The number of benzene rings is 3. The Morgan fingerprint density at radius 2 is 1.74 bits per heavy atom. The minimum absolute atomic E-state index is 0.0234. The molecule has 2 heterocycles. The lowest BCUT2D eigenvalue weighted by atomic mass is 10.0. The fraction of sp³-hybridized carbons (Fsp3) is 0.267. The van der Waals surface area contributed by atoms with Gasteiger partial charge >= 0.3 is 0 Å². The molecule has 0 bridgehead atoms. The van der Waals surface area contributed by atoms with E-state index in [1.54, 1.807) is 42.5 Å². The van der Waals surface area contributed by atoms with E-state index < -0.39 is 45.7 Å². The summed E-state index contributed by atoms with van der Waals surface area (Å²) in [4.78, 5) is 56.6. The summed E-state index contributed by atoms with van der Waals surface area (Å²) in [6.07, 6.45) is 1.44. The van der Waals surface area contributed by atoms with Crippen molar-refractivity contribution in [2.45, 2.75) is 35.9 Å². The summed E-state index contributed by atoms with van der Waals surface area (Å²) in [6, 6.07) is 16.2. The maximum Gasteiger partial charge on any atom is 0.255 e. The maximum atomic E-state index is 14.0. The Hall–Kier alpha value is -4.03. The summed E-state index contributed by atoms with van der Waals surface area (Å²) in [6.45, 7) is -0.0840. The average molecular weight is 655 g/mol. The first-order valence-electron chi connectivity index (χ1n) is 13.2. The molecule has 0 spiro atoms. The van der Waals surface area contributed by atoms with Crippen molar-refractivity contribution in [2.24, 2.45) is 0 Å². The van der Waals surface area contributed by atoms with Crippen LogP contribution < -0.4 is 5.32 Å². The molecule has 0 aromatic heterocycles. The molecule has 2 fully saturated rings. The maximum absolute atomic E-state index is 14.0. The van der Waals surface area contributed by atoms with Gasteiger partial charge in [0.25, 0.3) is 11.8 Å². The number of phenolic OH excluding ortho intramolecular Hbond substituents is 1. The van der Waals surface area contributed by atoms with Gasteiger partial charge in [0.1, 0.15) is 17.8 Å². The van der Waals surface area contributed by atoms with Crippen LogP contribution in [0.5, 0.6) is 5.75 Å². The molecule has 0 aliphatic carbocycles. The number of halogens is 1. The van der Waals surface area contributed by atoms with Crippen LogP contribution in [-0.2, 0) is 25.8 Å². The lowest BCUT2D eigenvalue weighted by Crippen LogP contribution is -2.53. The zero-order valence-electron chi connectivity index (χ0n) is 22.6. The first-order chi connectivity index (χ1) is 19.9. The number of sulfone groups is 1. The van der Waals surface area contributed by atoms with Gasteiger partial charge in [-0.05, 0) is 54.4 Å². The molecular weight excluding hydrogens is 626 g/mol. The molecule has 2 N–H and O–H groups in total. The third-order valence-electron chi connectivity index (χ3n) is 7.55. The molecular formula is C30H28BrN3O7S. The second-order valence-corrected chi connectivity index (χ2v) is 13.3. The lowest BCUT2D eigenvalue weighted by molar-refractivity contribution is -0.138. The van der Waals surface area contributed by atoms with E-state index in [9.17, 15) is 32.7 Å². The van der Waals surface area contributed by atoms with Crippen molar-refractivity contribution in [1.82, 2.24) is 15.1 Å². The van der Waals surface area contributed by atoms with Crippen LogP contribution in [0.4, 0.5) is 0 Å². The molecule has 2 aliphatic heterocycles. The number of rotatable bonds is 7. The first-order valence-corrected chi connectivity index (χ1v) is 15.9. The van der Waals surface area contributed by atoms with Crippen LogP contribution in [-0.4, -0.2) is 84.3 Å². The van der Waals surface area contributed by atoms with Crippen LogP contribution in [0.15, 0.2) is 82.2 Å². The molecule has 42 heavy (non-hydrogen) atoms. The smallest absolute Gasteiger partial charge is 0.255 e. The number of aromatic hydroxyl groups is 1. The normalized spacial score (nSPS) is 19.0. The summed E-state index contributed by atoms with van der Waals surface area (Å²) in [7, 11) is -3.70. The number of nitrogens with zero attached hydrogens (tertiary/aromatic N) is 2. The fourth-order valence-corrected chi connectivity index (χ4v) is 6.88. The van der Waals surface area contributed by atoms with Gasteiger partial charge in [0, 0.05) is 29.3 Å². The first kappa shape index (κ1) is 29.5. The number of amides is 3. The molecule has 2 aliphatic rings. The predicted molar refractivity (Wildman–Crippen MR) is 157 cm³/mol. The molecule has 12 heteroatoms. The summed E-state index contributed by atoms with van der Waals surface area (Å²) in [5.74, 6) is -1.82. The minimum Gasteiger partial charge on any atom is -0.508 e. The number of hydrogen-bond acceptors (Lipinski definition) is 7. The van der Waals surface area contributed by atoms with Gasteiger partial charge in [-0.1, -0.05) is 46.3 Å². The van der Waals surface area contributed by atoms with Crippen molar-refractivity contribution in [1.29, 1.82) is 0 Å². The standard InChI is InChI=1S/C30H28BrN3O7S/c1-42(40,41)26-8-3-2-7-22(26)29(38)34-17-25(36)27-24(34)13-14-33(27)30(39)23(15-18-9-11-21(35)12-10-18)32-28(37)19-5-4-6-20(31)16-19/h2-12,16,23-24,27,35H,13-15,17H2,1H3,(H,32,37)/t23-,24?,27-/m0/s1. The van der Waals surface area contributed by atoms with Crippen LogP contribution in [0.1, 0.15) is 32.7 Å². The van der Waals surface area contributed by atoms with Gasteiger partial charge in [-0.3, -0.25) is 19.2 Å². The number of phenols is 1. The minimum atomic E-state index is -3.70. The molecule has 3 atom stereocenters. The highest BCUT2D eigenvalue weighted by molar-refractivity contribution is 9.10. The Morgan fingerprint density at radius 1 is 1.02 bits per heavy atom. The van der Waals surface area contributed by atoms with Gasteiger partial charge in [0.05, 0.1) is 23.0 Å². The number of likely N-dealkylation sites (tertiary alicyclic amines) is 2. The molecule has 218 valence electrons. The van der Waals surface area contributed by atoms with E-state index >= 15 is 0 Å². The SMILES string of the molecule is CS(=O)(=O)c1ccccc1C(=O)N1CC(=O)[C@@H]2C1CCN2C(=O)[C@H](Cc1ccc(O)cc1)NC(=O)c1cccc(Br)c1. The van der Waals surface area contributed by atoms with Gasteiger partial charge in [-0.15, -0.1) is 0 Å². The van der Waals surface area contributed by atoms with Gasteiger partial charge in [-0.25, -0.2) is 8.42 Å². The van der Waals surface area contributed by atoms with Gasteiger partial charge in [0.15, 0.2) is 15.6 Å². The fourth-order valence-electron chi connectivity index (χ4n) is 5.60. The highest BCUT2D eigenvalue weighted by Crippen LogP contribution is 2.32. The van der Waals surface area contributed by atoms with Crippen LogP contribution in [0, 0.1) is 0 Å². The quantitative estimate of drug-likeness (QED) is 0.399. The largest absolute Gasteiger partial charge is 0.508 e. The Bertz CT molecular complexity index is 1680. The summed E-state index contributed by atoms with van der Waals surface area (Å²) >= 11 is 3.34. The molecule has 3 aromatic carbocycles. The lowest BCUT2D eigenvalue weighted by Gasteiger charge is -2.28. The molecule has 10 nitrogen and oxygen atoms in total. The molecule has 0 radical (unpaired) electrons. The van der Waals surface area contributed by atoms with E-state index in [2.05, 4.69) is 21.2 Å². The number of fused-ring (bicyclic) bond motifs is 1. The average Bonchev–Trinajstić information content (AvgIpc) is 3.54. The van der Waals surface area contributed by atoms with Crippen molar-refractivity contribution < 1.29 is 32.7 Å². The van der Waals surface area contributed by atoms with Crippen LogP contribution >= 0.6 is 15.9 Å². The number of ketones is 1. The third-order valence-corrected chi connectivity index (χ3v) is 9.20. The van der Waals surface area contributed by atoms with E-state index in [0.717, 1.165) is 6.26 Å². The highest BCUT2D eigenvalue weighted by atomic mass is 79.9. The predicted octanol–water partition coefficient (Wildman–Crippen LogP) is 2.59. The third kappa shape index (κ3) is 5.95. The number of nitrogens with one attached hydrogen (secondary N) is 1. The van der Waals surface area contributed by atoms with E-state index in [4.69, 9.17) is 0 Å². The molecule has 3 amide bonds. The molecule has 1 unspecified atom stereocenters. The van der Waals surface area contributed by atoms with Crippen molar-refractivity contribution in [2.75, 3.05) is 19.3 Å². The summed E-state index contributed by atoms with van der Waals surface area (Å²) < 4.78 is 25.3. The monoisotopic (exact) mass is 653 g/mol. The van der Waals surface area contributed by atoms with Gasteiger partial charge < -0.3 is 20.2 Å². The van der Waals surface area contributed by atoms with Crippen LogP contribution in [0.25, 0.3) is 0 Å². The Balaban J connectivity index is 1.41. The highest BCUT2D eigenvalue weighted by Gasteiger charge is 2.52. The number of hydrogen-bond donors (Lipinski definition) is 2. The zero-order valence-corrected chi connectivity index (χ0v) is 25.0. The van der Waals surface area contributed by atoms with Crippen LogP contribution in [0.2, 0.25) is 0 Å². The second-order valence-electron chi connectivity index (χ2n) is 10.4. The number of carbonyl (C=O) groups excluding carboxylic acids is 4. The van der Waals surface area contributed by atoms with Crippen molar-refractivity contribution in [3.63, 3.8) is 0 Å². The van der Waals surface area contributed by atoms with Crippen molar-refractivity contribution in [3.05, 3.63) is 94.0 Å². The van der Waals surface area contributed by atoms with E-state index in [1.165, 1.54) is 40.1 Å². The topological polar surface area (TPSA) is 141 Å². The van der Waals surface area contributed by atoms with Crippen molar-refractivity contribution in [3.8, 4) is 5.75 Å². The second kappa shape index (κ2) is 11.7. The molecule has 2 saturated heterocycles. The Morgan fingerprint density at radius 3 is 2.43 bits per heavy atom. The van der Waals surface area contributed by atoms with Crippen LogP contribution in [0.3, 0.4) is 0 Å². The van der Waals surface area contributed by atoms with E-state index in [-0.39, 0.29) is 41.5 Å². The van der Waals surface area contributed by atoms with Gasteiger partial charge in [-0.2, -0.15) is 0 Å². The molecule has 3 aromatic rings. The zero-order chi connectivity index (χ0) is 30.2. The van der Waals surface area contributed by atoms with Crippen molar-refractivity contribution >= 4 is 49.3 Å².